The first kappa shape index (κ1) is 15.1. The molecule has 0 unspecified atom stereocenters. The molecule has 2 aromatic rings. The number of hydrogen-bond donors (Lipinski definition) is 1. The molecule has 1 aliphatic heterocycles. The van der Waals surface area contributed by atoms with E-state index >= 15 is 0 Å². The molecule has 0 spiro atoms. The van der Waals surface area contributed by atoms with E-state index in [-0.39, 0.29) is 5.57 Å². The third kappa shape index (κ3) is 3.05. The summed E-state index contributed by atoms with van der Waals surface area (Å²) < 4.78 is 5.08. The number of nitrogens with one attached hydrogen (secondary N) is 1. The van der Waals surface area contributed by atoms with Crippen LogP contribution in [0, 0.1) is 0 Å². The minimum Gasteiger partial charge on any atom is -0.497 e. The van der Waals surface area contributed by atoms with Crippen LogP contribution in [-0.2, 0) is 9.59 Å². The predicted molar refractivity (Wildman–Crippen MR) is 88.1 cm³/mol. The predicted octanol–water partition coefficient (Wildman–Crippen LogP) is 2.81. The molecule has 1 N–H and O–H groups in total. The smallest absolute Gasteiger partial charge is 0.282 e. The normalized spacial score (nSPS) is 15.9. The Bertz CT molecular complexity index is 800. The average Bonchev–Trinajstić information content (AvgIpc) is 2.84. The van der Waals surface area contributed by atoms with Gasteiger partial charge < -0.3 is 4.74 Å². The number of hydrogen-bond acceptors (Lipinski definition) is 3. The van der Waals surface area contributed by atoms with Gasteiger partial charge in [-0.2, -0.15) is 0 Å². The Morgan fingerprint density at radius 2 is 1.87 bits per heavy atom. The van der Waals surface area contributed by atoms with E-state index in [1.54, 1.807) is 61.7 Å². The van der Waals surface area contributed by atoms with Gasteiger partial charge in [0.25, 0.3) is 11.8 Å². The second kappa shape index (κ2) is 6.14. The zero-order valence-electron chi connectivity index (χ0n) is 12.2. The van der Waals surface area contributed by atoms with Crippen molar-refractivity contribution >= 4 is 35.2 Å². The molecule has 1 heterocycles. The number of hydrazine groups is 1. The van der Waals surface area contributed by atoms with Crippen LogP contribution in [0.2, 0.25) is 5.02 Å². The van der Waals surface area contributed by atoms with E-state index < -0.39 is 11.8 Å². The Morgan fingerprint density at radius 3 is 2.52 bits per heavy atom. The lowest BCUT2D eigenvalue weighted by atomic mass is 10.1. The Labute approximate surface area is 138 Å². The van der Waals surface area contributed by atoms with Crippen LogP contribution in [0.3, 0.4) is 0 Å². The van der Waals surface area contributed by atoms with Crippen molar-refractivity contribution < 1.29 is 14.3 Å². The molecule has 116 valence electrons. The highest BCUT2D eigenvalue weighted by atomic mass is 35.5. The van der Waals surface area contributed by atoms with Crippen molar-refractivity contribution in [3.05, 3.63) is 64.7 Å². The van der Waals surface area contributed by atoms with Crippen LogP contribution < -0.4 is 15.2 Å². The molecule has 0 saturated carbocycles. The molecule has 23 heavy (non-hydrogen) atoms. The van der Waals surface area contributed by atoms with Gasteiger partial charge in [0, 0.05) is 5.02 Å². The number of nitrogens with zero attached hydrogens (tertiary/aromatic N) is 1. The van der Waals surface area contributed by atoms with Crippen molar-refractivity contribution in [2.75, 3.05) is 12.1 Å². The average molecular weight is 329 g/mol. The van der Waals surface area contributed by atoms with E-state index in [0.29, 0.717) is 16.5 Å². The highest BCUT2D eigenvalue weighted by Crippen LogP contribution is 2.24. The molecular weight excluding hydrogens is 316 g/mol. The number of benzene rings is 2. The third-order valence-electron chi connectivity index (χ3n) is 3.38. The fourth-order valence-corrected chi connectivity index (χ4v) is 2.41. The fraction of sp³-hybridized carbons (Fsp3) is 0.0588. The summed E-state index contributed by atoms with van der Waals surface area (Å²) in [5.41, 5.74) is 3.84. The second-order valence-corrected chi connectivity index (χ2v) is 5.33. The highest BCUT2D eigenvalue weighted by Gasteiger charge is 2.34. The molecule has 6 heteroatoms. The van der Waals surface area contributed by atoms with Gasteiger partial charge in [0.05, 0.1) is 12.8 Å². The van der Waals surface area contributed by atoms with E-state index in [4.69, 9.17) is 16.3 Å². The van der Waals surface area contributed by atoms with Gasteiger partial charge in [-0.15, -0.1) is 0 Å². The Kier molecular flexibility index (Phi) is 4.04. The minimum absolute atomic E-state index is 0.0649. The van der Waals surface area contributed by atoms with E-state index in [1.165, 1.54) is 5.01 Å². The topological polar surface area (TPSA) is 58.6 Å². The van der Waals surface area contributed by atoms with Gasteiger partial charge >= 0.3 is 0 Å². The number of methoxy groups -OCH3 is 1. The van der Waals surface area contributed by atoms with Crippen LogP contribution in [0.1, 0.15) is 5.56 Å². The molecule has 3 rings (SSSR count). The zero-order valence-corrected chi connectivity index (χ0v) is 13.0. The Hall–Kier alpha value is -2.79. The van der Waals surface area contributed by atoms with Gasteiger partial charge in [-0.25, -0.2) is 5.01 Å². The summed E-state index contributed by atoms with van der Waals surface area (Å²) in [6, 6.07) is 13.8. The van der Waals surface area contributed by atoms with Crippen molar-refractivity contribution in [3.63, 3.8) is 0 Å². The van der Waals surface area contributed by atoms with Crippen LogP contribution in [0.5, 0.6) is 5.75 Å². The summed E-state index contributed by atoms with van der Waals surface area (Å²) in [6.45, 7) is 0. The van der Waals surface area contributed by atoms with E-state index in [2.05, 4.69) is 5.43 Å². The minimum atomic E-state index is -0.453. The van der Waals surface area contributed by atoms with Gasteiger partial charge in [-0.3, -0.25) is 15.0 Å². The number of rotatable bonds is 3. The first-order valence-electron chi connectivity index (χ1n) is 6.85. The SMILES string of the molecule is COc1ccc(/C=C2\C(=O)NN(c3cccc(Cl)c3)C2=O)cc1. The number of carbonyl (C=O) groups is 2. The number of anilines is 1. The first-order chi connectivity index (χ1) is 11.1. The van der Waals surface area contributed by atoms with Crippen LogP contribution in [0.25, 0.3) is 6.08 Å². The lowest BCUT2D eigenvalue weighted by Crippen LogP contribution is -2.35. The van der Waals surface area contributed by atoms with Gasteiger partial charge in [0.2, 0.25) is 0 Å². The maximum absolute atomic E-state index is 12.5. The molecule has 0 bridgehead atoms. The first-order valence-corrected chi connectivity index (χ1v) is 7.23. The third-order valence-corrected chi connectivity index (χ3v) is 3.62. The zero-order chi connectivity index (χ0) is 16.4. The summed E-state index contributed by atoms with van der Waals surface area (Å²) in [6.07, 6.45) is 1.54. The van der Waals surface area contributed by atoms with E-state index in [0.717, 1.165) is 5.56 Å². The van der Waals surface area contributed by atoms with Gasteiger partial charge in [-0.05, 0) is 42.0 Å². The van der Waals surface area contributed by atoms with Crippen molar-refractivity contribution in [1.29, 1.82) is 0 Å². The van der Waals surface area contributed by atoms with Gasteiger partial charge in [0.15, 0.2) is 0 Å². The maximum atomic E-state index is 12.5. The quantitative estimate of drug-likeness (QED) is 0.696. The van der Waals surface area contributed by atoms with Crippen LogP contribution in [0.4, 0.5) is 5.69 Å². The van der Waals surface area contributed by atoms with E-state index in [9.17, 15) is 9.59 Å². The standard InChI is InChI=1S/C17H13ClN2O3/c1-23-14-7-5-11(6-8-14)9-15-16(21)19-20(17(15)22)13-4-2-3-12(18)10-13/h2-10H,1H3,(H,19,21)/b15-9+. The van der Waals surface area contributed by atoms with Crippen molar-refractivity contribution in [1.82, 2.24) is 5.43 Å². The van der Waals surface area contributed by atoms with Crippen molar-refractivity contribution in [3.8, 4) is 5.75 Å². The number of amides is 2. The van der Waals surface area contributed by atoms with Crippen LogP contribution >= 0.6 is 11.6 Å². The van der Waals surface area contributed by atoms with Crippen molar-refractivity contribution in [2.45, 2.75) is 0 Å². The Balaban J connectivity index is 1.90. The largest absolute Gasteiger partial charge is 0.497 e. The molecule has 1 saturated heterocycles. The molecule has 0 radical (unpaired) electrons. The molecule has 1 fully saturated rings. The molecule has 0 aliphatic carbocycles. The second-order valence-electron chi connectivity index (χ2n) is 4.89. The van der Waals surface area contributed by atoms with Gasteiger partial charge in [-0.1, -0.05) is 29.8 Å². The lowest BCUT2D eigenvalue weighted by Gasteiger charge is -2.14. The molecule has 5 nitrogen and oxygen atoms in total. The highest BCUT2D eigenvalue weighted by molar-refractivity contribution is 6.33. The molecular formula is C17H13ClN2O3. The number of ether oxygens (including phenoxy) is 1. The Morgan fingerprint density at radius 1 is 1.13 bits per heavy atom. The van der Waals surface area contributed by atoms with Gasteiger partial charge in [0.1, 0.15) is 11.3 Å². The number of halogens is 1. The van der Waals surface area contributed by atoms with Crippen LogP contribution in [0.15, 0.2) is 54.1 Å². The van der Waals surface area contributed by atoms with Crippen LogP contribution in [-0.4, -0.2) is 18.9 Å². The molecule has 2 aromatic carbocycles. The lowest BCUT2D eigenvalue weighted by molar-refractivity contribution is -0.117. The summed E-state index contributed by atoms with van der Waals surface area (Å²) in [4.78, 5) is 24.5. The monoisotopic (exact) mass is 328 g/mol. The fourth-order valence-electron chi connectivity index (χ4n) is 2.22. The molecule has 1 aliphatic rings. The summed E-state index contributed by atoms with van der Waals surface area (Å²) in [7, 11) is 1.57. The molecule has 0 aromatic heterocycles. The van der Waals surface area contributed by atoms with Crippen molar-refractivity contribution in [2.24, 2.45) is 0 Å². The summed E-state index contributed by atoms with van der Waals surface area (Å²) in [5, 5.41) is 1.67. The summed E-state index contributed by atoms with van der Waals surface area (Å²) >= 11 is 5.92. The summed E-state index contributed by atoms with van der Waals surface area (Å²) in [5.74, 6) is -0.172. The molecule has 2 amide bonds. The van der Waals surface area contributed by atoms with E-state index in [1.807, 2.05) is 0 Å². The number of carbonyl (C=O) groups excluding carboxylic acids is 2. The maximum Gasteiger partial charge on any atom is 0.282 e. The molecule has 0 atom stereocenters.